The van der Waals surface area contributed by atoms with E-state index < -0.39 is 0 Å². The van der Waals surface area contributed by atoms with Gasteiger partial charge in [-0.3, -0.25) is 9.69 Å². The van der Waals surface area contributed by atoms with Crippen LogP contribution in [-0.2, 0) is 4.74 Å². The third kappa shape index (κ3) is 4.97. The largest absolute Gasteiger partial charge is 0.490 e. The minimum atomic E-state index is 0.0382. The summed E-state index contributed by atoms with van der Waals surface area (Å²) in [4.78, 5) is 16.8. The normalized spacial score (nSPS) is 20.8. The van der Waals surface area contributed by atoms with Gasteiger partial charge in [-0.25, -0.2) is 0 Å². The molecule has 0 aromatic heterocycles. The number of rotatable bonds is 6. The fraction of sp³-hybridized carbons (Fsp3) is 0.579. The van der Waals surface area contributed by atoms with Crippen molar-refractivity contribution in [3.63, 3.8) is 0 Å². The molecule has 0 spiro atoms. The van der Waals surface area contributed by atoms with Crippen molar-refractivity contribution in [2.24, 2.45) is 0 Å². The maximum atomic E-state index is 12.7. The van der Waals surface area contributed by atoms with Crippen LogP contribution in [0.3, 0.4) is 0 Å². The first-order valence-electron chi connectivity index (χ1n) is 9.10. The summed E-state index contributed by atoms with van der Waals surface area (Å²) < 4.78 is 12.2. The standard InChI is InChI=1S/C19H24BrN3O3/c20-17-13-15(4-5-18(17)26-14-16-3-1-12-25-16)19(24)23-10-8-22(9-11-23)7-2-6-21/h4-5,13,16H,1-3,7-12,14H2. The van der Waals surface area contributed by atoms with E-state index in [2.05, 4.69) is 26.9 Å². The van der Waals surface area contributed by atoms with Crippen molar-refractivity contribution in [1.29, 1.82) is 5.26 Å². The van der Waals surface area contributed by atoms with Crippen LogP contribution in [0.4, 0.5) is 0 Å². The van der Waals surface area contributed by atoms with Crippen molar-refractivity contribution in [2.75, 3.05) is 45.9 Å². The molecule has 0 radical (unpaired) electrons. The highest BCUT2D eigenvalue weighted by atomic mass is 79.9. The zero-order valence-corrected chi connectivity index (χ0v) is 16.4. The summed E-state index contributed by atoms with van der Waals surface area (Å²) in [5, 5.41) is 8.67. The number of piperazine rings is 1. The second-order valence-electron chi connectivity index (χ2n) is 6.63. The minimum absolute atomic E-state index is 0.0382. The van der Waals surface area contributed by atoms with Gasteiger partial charge in [0.15, 0.2) is 0 Å². The smallest absolute Gasteiger partial charge is 0.253 e. The van der Waals surface area contributed by atoms with Gasteiger partial charge in [-0.05, 0) is 47.0 Å². The Hall–Kier alpha value is -1.62. The van der Waals surface area contributed by atoms with Crippen LogP contribution >= 0.6 is 15.9 Å². The lowest BCUT2D eigenvalue weighted by atomic mass is 10.1. The molecule has 0 N–H and O–H groups in total. The van der Waals surface area contributed by atoms with Gasteiger partial charge in [-0.1, -0.05) is 0 Å². The van der Waals surface area contributed by atoms with Crippen LogP contribution in [0.15, 0.2) is 22.7 Å². The Bertz CT molecular complexity index is 662. The molecule has 1 unspecified atom stereocenters. The number of carbonyl (C=O) groups excluding carboxylic acids is 1. The van der Waals surface area contributed by atoms with Gasteiger partial charge in [0.25, 0.3) is 5.91 Å². The van der Waals surface area contributed by atoms with Crippen molar-refractivity contribution in [2.45, 2.75) is 25.4 Å². The molecule has 0 aliphatic carbocycles. The monoisotopic (exact) mass is 421 g/mol. The van der Waals surface area contributed by atoms with Crippen LogP contribution in [0, 0.1) is 11.3 Å². The first kappa shape index (κ1) is 19.2. The molecule has 26 heavy (non-hydrogen) atoms. The summed E-state index contributed by atoms with van der Waals surface area (Å²) >= 11 is 3.51. The minimum Gasteiger partial charge on any atom is -0.490 e. The summed E-state index contributed by atoms with van der Waals surface area (Å²) in [6.45, 7) is 5.15. The Morgan fingerprint density at radius 2 is 2.15 bits per heavy atom. The SMILES string of the molecule is N#CCCN1CCN(C(=O)c2ccc(OCC3CCCO3)c(Br)c2)CC1. The molecule has 2 fully saturated rings. The second kappa shape index (κ2) is 9.36. The van der Waals surface area contributed by atoms with E-state index in [4.69, 9.17) is 14.7 Å². The van der Waals surface area contributed by atoms with Crippen LogP contribution in [0.25, 0.3) is 0 Å². The van der Waals surface area contributed by atoms with E-state index >= 15 is 0 Å². The number of hydrogen-bond acceptors (Lipinski definition) is 5. The van der Waals surface area contributed by atoms with E-state index in [0.29, 0.717) is 31.7 Å². The lowest BCUT2D eigenvalue weighted by Crippen LogP contribution is -2.48. The Labute approximate surface area is 162 Å². The van der Waals surface area contributed by atoms with E-state index in [1.165, 1.54) is 0 Å². The van der Waals surface area contributed by atoms with Crippen LogP contribution < -0.4 is 4.74 Å². The fourth-order valence-corrected chi connectivity index (χ4v) is 3.77. The quantitative estimate of drug-likeness (QED) is 0.706. The van der Waals surface area contributed by atoms with Crippen molar-refractivity contribution in [3.05, 3.63) is 28.2 Å². The molecule has 1 aromatic carbocycles. The van der Waals surface area contributed by atoms with Crippen LogP contribution in [-0.4, -0.2) is 67.7 Å². The van der Waals surface area contributed by atoms with Gasteiger partial charge >= 0.3 is 0 Å². The van der Waals surface area contributed by atoms with Gasteiger partial charge in [-0.2, -0.15) is 5.26 Å². The molecule has 0 saturated carbocycles. The number of halogens is 1. The molecule has 140 valence electrons. The van der Waals surface area contributed by atoms with Crippen molar-refractivity contribution in [1.82, 2.24) is 9.80 Å². The molecule has 1 amide bonds. The van der Waals surface area contributed by atoms with E-state index in [0.717, 1.165) is 49.3 Å². The average Bonchev–Trinajstić information content (AvgIpc) is 3.19. The van der Waals surface area contributed by atoms with Gasteiger partial charge in [0.1, 0.15) is 12.4 Å². The third-order valence-corrected chi connectivity index (χ3v) is 5.45. The average molecular weight is 422 g/mol. The summed E-state index contributed by atoms with van der Waals surface area (Å²) in [7, 11) is 0. The van der Waals surface area contributed by atoms with Crippen LogP contribution in [0.5, 0.6) is 5.75 Å². The molecule has 7 heteroatoms. The van der Waals surface area contributed by atoms with E-state index in [1.54, 1.807) is 0 Å². The van der Waals surface area contributed by atoms with Crippen molar-refractivity contribution >= 4 is 21.8 Å². The van der Waals surface area contributed by atoms with Gasteiger partial charge in [0.05, 0.1) is 16.6 Å². The maximum Gasteiger partial charge on any atom is 0.253 e. The molecule has 1 aromatic rings. The Balaban J connectivity index is 1.53. The first-order chi connectivity index (χ1) is 12.7. The van der Waals surface area contributed by atoms with Gasteiger partial charge in [0.2, 0.25) is 0 Å². The number of ether oxygens (including phenoxy) is 2. The third-order valence-electron chi connectivity index (χ3n) is 4.83. The number of benzene rings is 1. The molecule has 2 heterocycles. The number of nitrogens with zero attached hydrogens (tertiary/aromatic N) is 3. The lowest BCUT2D eigenvalue weighted by Gasteiger charge is -2.34. The van der Waals surface area contributed by atoms with Crippen molar-refractivity contribution in [3.8, 4) is 11.8 Å². The van der Waals surface area contributed by atoms with E-state index in [9.17, 15) is 4.79 Å². The summed E-state index contributed by atoms with van der Waals surface area (Å²) in [6.07, 6.45) is 2.83. The van der Waals surface area contributed by atoms with Gasteiger partial charge < -0.3 is 14.4 Å². The second-order valence-corrected chi connectivity index (χ2v) is 7.49. The lowest BCUT2D eigenvalue weighted by molar-refractivity contribution is 0.0637. The molecule has 2 saturated heterocycles. The number of carbonyl (C=O) groups is 1. The fourth-order valence-electron chi connectivity index (χ4n) is 3.27. The zero-order valence-electron chi connectivity index (χ0n) is 14.8. The first-order valence-corrected chi connectivity index (χ1v) is 9.89. The zero-order chi connectivity index (χ0) is 18.4. The number of nitriles is 1. The van der Waals surface area contributed by atoms with E-state index in [-0.39, 0.29) is 12.0 Å². The maximum absolute atomic E-state index is 12.7. The molecule has 6 nitrogen and oxygen atoms in total. The Morgan fingerprint density at radius 1 is 1.35 bits per heavy atom. The Kier molecular flexibility index (Phi) is 6.89. The summed E-state index contributed by atoms with van der Waals surface area (Å²) in [5.74, 6) is 0.773. The number of amides is 1. The molecular formula is C19H24BrN3O3. The summed E-state index contributed by atoms with van der Waals surface area (Å²) in [6, 6.07) is 7.66. The van der Waals surface area contributed by atoms with Crippen LogP contribution in [0.2, 0.25) is 0 Å². The molecule has 2 aliphatic heterocycles. The molecule has 1 atom stereocenters. The molecular weight excluding hydrogens is 398 g/mol. The molecule has 2 aliphatic rings. The highest BCUT2D eigenvalue weighted by Gasteiger charge is 2.23. The van der Waals surface area contributed by atoms with E-state index in [1.807, 2.05) is 23.1 Å². The predicted octanol–water partition coefficient (Wildman–Crippen LogP) is 2.68. The van der Waals surface area contributed by atoms with Gasteiger partial charge in [-0.15, -0.1) is 0 Å². The van der Waals surface area contributed by atoms with Crippen molar-refractivity contribution < 1.29 is 14.3 Å². The molecule has 0 bridgehead atoms. The highest BCUT2D eigenvalue weighted by Crippen LogP contribution is 2.27. The number of hydrogen-bond donors (Lipinski definition) is 0. The van der Waals surface area contributed by atoms with Crippen LogP contribution in [0.1, 0.15) is 29.6 Å². The molecule has 3 rings (SSSR count). The van der Waals surface area contributed by atoms with Gasteiger partial charge in [0, 0.05) is 51.3 Å². The topological polar surface area (TPSA) is 65.8 Å². The Morgan fingerprint density at radius 3 is 2.81 bits per heavy atom. The highest BCUT2D eigenvalue weighted by molar-refractivity contribution is 9.10. The predicted molar refractivity (Wildman–Crippen MR) is 101 cm³/mol. The summed E-state index contributed by atoms with van der Waals surface area (Å²) in [5.41, 5.74) is 0.659.